The quantitative estimate of drug-likeness (QED) is 0.550. The molecule has 0 unspecified atom stereocenters. The van der Waals surface area contributed by atoms with Gasteiger partial charge in [-0.3, -0.25) is 0 Å². The lowest BCUT2D eigenvalue weighted by molar-refractivity contribution is 0.297. The van der Waals surface area contributed by atoms with E-state index in [-0.39, 0.29) is 5.41 Å². The Morgan fingerprint density at radius 1 is 0.900 bits per heavy atom. The van der Waals surface area contributed by atoms with Crippen molar-refractivity contribution in [2.24, 2.45) is 10.8 Å². The zero-order valence-corrected chi connectivity index (χ0v) is 8.12. The average Bonchev–Trinajstić information content (AvgIpc) is 1.57. The molecule has 1 radical (unpaired) electrons. The molecule has 0 heterocycles. The summed E-state index contributed by atoms with van der Waals surface area (Å²) in [6, 6.07) is 0. The highest BCUT2D eigenvalue weighted by molar-refractivity contribution is 4.74. The highest BCUT2D eigenvalue weighted by atomic mass is 14.2. The molecular formula is C10H21. The van der Waals surface area contributed by atoms with Gasteiger partial charge in [-0.25, -0.2) is 0 Å². The van der Waals surface area contributed by atoms with Crippen LogP contribution < -0.4 is 0 Å². The Balaban J connectivity index is 3.56. The Labute approximate surface area is 66.0 Å². The van der Waals surface area contributed by atoms with Crippen molar-refractivity contribution in [3.8, 4) is 0 Å². The molecule has 0 aliphatic rings. The number of rotatable bonds is 2. The first-order valence-corrected chi connectivity index (χ1v) is 4.06. The van der Waals surface area contributed by atoms with Crippen LogP contribution in [0.5, 0.6) is 0 Å². The fourth-order valence-corrected chi connectivity index (χ4v) is 0.713. The smallest absolute Gasteiger partial charge is 0.0354 e. The summed E-state index contributed by atoms with van der Waals surface area (Å²) in [5.41, 5.74) is 0.724. The minimum absolute atomic E-state index is 0.257. The molecule has 0 saturated carbocycles. The van der Waals surface area contributed by atoms with Gasteiger partial charge < -0.3 is 0 Å². The van der Waals surface area contributed by atoms with Crippen LogP contribution in [0.2, 0.25) is 0 Å². The Kier molecular flexibility index (Phi) is 2.94. The minimum atomic E-state index is 0.257. The fraction of sp³-hybridized carbons (Fsp3) is 0.900. The van der Waals surface area contributed by atoms with E-state index in [1.807, 2.05) is 0 Å². The van der Waals surface area contributed by atoms with E-state index in [0.717, 1.165) is 0 Å². The number of hydrogen-bond donors (Lipinski definition) is 0. The number of hydrogen-bond acceptors (Lipinski definition) is 0. The Bertz CT molecular complexity index is 73.6. The highest BCUT2D eigenvalue weighted by Crippen LogP contribution is 2.28. The molecule has 0 aliphatic carbocycles. The third kappa shape index (κ3) is 8.00. The van der Waals surface area contributed by atoms with Gasteiger partial charge in [0.15, 0.2) is 0 Å². The fourth-order valence-electron chi connectivity index (χ4n) is 0.713. The Morgan fingerprint density at radius 2 is 1.30 bits per heavy atom. The maximum atomic E-state index is 4.07. The summed E-state index contributed by atoms with van der Waals surface area (Å²) in [6.07, 6.45) is 2.49. The van der Waals surface area contributed by atoms with E-state index in [0.29, 0.717) is 5.41 Å². The van der Waals surface area contributed by atoms with E-state index >= 15 is 0 Å². The van der Waals surface area contributed by atoms with Crippen molar-refractivity contribution in [2.45, 2.75) is 47.5 Å². The first-order chi connectivity index (χ1) is 4.21. The molecule has 0 nitrogen and oxygen atoms in total. The summed E-state index contributed by atoms with van der Waals surface area (Å²) in [4.78, 5) is 0. The molecule has 0 amide bonds. The van der Waals surface area contributed by atoms with E-state index < -0.39 is 0 Å². The van der Waals surface area contributed by atoms with Gasteiger partial charge in [-0.05, 0) is 30.6 Å². The normalized spacial score (nSPS) is 13.8. The van der Waals surface area contributed by atoms with Gasteiger partial charge in [0.05, 0.1) is 0 Å². The van der Waals surface area contributed by atoms with E-state index in [4.69, 9.17) is 0 Å². The minimum Gasteiger partial charge on any atom is -0.0602 e. The second-order valence-electron chi connectivity index (χ2n) is 5.22. The Hall–Kier alpha value is 0. The molecular weight excluding hydrogens is 120 g/mol. The van der Waals surface area contributed by atoms with Crippen molar-refractivity contribution in [3.63, 3.8) is 0 Å². The van der Waals surface area contributed by atoms with Crippen molar-refractivity contribution in [1.82, 2.24) is 0 Å². The lowest BCUT2D eigenvalue weighted by Crippen LogP contribution is -2.12. The SMILES string of the molecule is [CH2]C(C)(C)CCC(C)(C)C. The van der Waals surface area contributed by atoms with Crippen LogP contribution in [-0.4, -0.2) is 0 Å². The van der Waals surface area contributed by atoms with Gasteiger partial charge in [-0.2, -0.15) is 0 Å². The molecule has 61 valence electrons. The zero-order valence-electron chi connectivity index (χ0n) is 8.12. The van der Waals surface area contributed by atoms with Crippen molar-refractivity contribution in [2.75, 3.05) is 0 Å². The van der Waals surface area contributed by atoms with Crippen LogP contribution in [0.25, 0.3) is 0 Å². The summed E-state index contributed by atoms with van der Waals surface area (Å²) in [6.45, 7) is 15.3. The van der Waals surface area contributed by atoms with Gasteiger partial charge in [-0.15, -0.1) is 0 Å². The molecule has 0 N–H and O–H groups in total. The molecule has 0 heteroatoms. The molecule has 0 spiro atoms. The summed E-state index contributed by atoms with van der Waals surface area (Å²) in [7, 11) is 0. The van der Waals surface area contributed by atoms with Gasteiger partial charge in [0.2, 0.25) is 0 Å². The third-order valence-electron chi connectivity index (χ3n) is 1.55. The second-order valence-corrected chi connectivity index (χ2v) is 5.22. The van der Waals surface area contributed by atoms with Crippen molar-refractivity contribution < 1.29 is 0 Å². The summed E-state index contributed by atoms with van der Waals surface area (Å²) < 4.78 is 0. The predicted molar refractivity (Wildman–Crippen MR) is 47.8 cm³/mol. The van der Waals surface area contributed by atoms with Gasteiger partial charge in [0.25, 0.3) is 0 Å². The van der Waals surface area contributed by atoms with Gasteiger partial charge in [-0.1, -0.05) is 34.6 Å². The average molecular weight is 141 g/mol. The van der Waals surface area contributed by atoms with Crippen LogP contribution in [0, 0.1) is 17.8 Å². The van der Waals surface area contributed by atoms with Crippen LogP contribution >= 0.6 is 0 Å². The summed E-state index contributed by atoms with van der Waals surface area (Å²) >= 11 is 0. The maximum absolute atomic E-state index is 4.07. The lowest BCUT2D eigenvalue weighted by atomic mass is 9.81. The summed E-state index contributed by atoms with van der Waals surface area (Å²) in [5.74, 6) is 0. The molecule has 0 saturated heterocycles. The van der Waals surface area contributed by atoms with Crippen molar-refractivity contribution >= 4 is 0 Å². The molecule has 0 aliphatic heterocycles. The van der Waals surface area contributed by atoms with Crippen LogP contribution in [-0.2, 0) is 0 Å². The first kappa shape index (κ1) is 10.0. The molecule has 0 fully saturated rings. The maximum Gasteiger partial charge on any atom is -0.0354 e. The topological polar surface area (TPSA) is 0 Å². The van der Waals surface area contributed by atoms with Gasteiger partial charge in [0.1, 0.15) is 0 Å². The molecule has 0 bridgehead atoms. The largest absolute Gasteiger partial charge is 0.0602 e. The van der Waals surface area contributed by atoms with Gasteiger partial charge in [0, 0.05) is 0 Å². The summed E-state index contributed by atoms with van der Waals surface area (Å²) in [5, 5.41) is 0. The zero-order chi connectivity index (χ0) is 8.41. The standard InChI is InChI=1S/C10H21/c1-9(2,3)7-8-10(4,5)6/h1,7-8H2,2-6H3. The van der Waals surface area contributed by atoms with E-state index in [2.05, 4.69) is 41.5 Å². The van der Waals surface area contributed by atoms with E-state index in [1.54, 1.807) is 0 Å². The Morgan fingerprint density at radius 3 is 1.40 bits per heavy atom. The monoisotopic (exact) mass is 141 g/mol. The first-order valence-electron chi connectivity index (χ1n) is 4.06. The molecule has 0 aromatic carbocycles. The molecule has 0 atom stereocenters. The van der Waals surface area contributed by atoms with Crippen LogP contribution in [0.15, 0.2) is 0 Å². The molecule has 0 aromatic rings. The lowest BCUT2D eigenvalue weighted by Gasteiger charge is -2.24. The van der Waals surface area contributed by atoms with Crippen LogP contribution in [0.1, 0.15) is 47.5 Å². The van der Waals surface area contributed by atoms with Crippen LogP contribution in [0.4, 0.5) is 0 Å². The highest BCUT2D eigenvalue weighted by Gasteiger charge is 2.16. The predicted octanol–water partition coefficient (Wildman–Crippen LogP) is 3.67. The van der Waals surface area contributed by atoms with Crippen molar-refractivity contribution in [3.05, 3.63) is 6.92 Å². The van der Waals surface area contributed by atoms with E-state index in [9.17, 15) is 0 Å². The van der Waals surface area contributed by atoms with E-state index in [1.165, 1.54) is 12.8 Å². The second kappa shape index (κ2) is 2.94. The van der Waals surface area contributed by atoms with Crippen LogP contribution in [0.3, 0.4) is 0 Å². The van der Waals surface area contributed by atoms with Gasteiger partial charge >= 0.3 is 0 Å². The van der Waals surface area contributed by atoms with Crippen molar-refractivity contribution in [1.29, 1.82) is 0 Å². The molecule has 0 rings (SSSR count). The molecule has 0 aromatic heterocycles. The third-order valence-corrected chi connectivity index (χ3v) is 1.55. The molecule has 10 heavy (non-hydrogen) atoms.